The van der Waals surface area contributed by atoms with Gasteiger partial charge >= 0.3 is 12.1 Å². The van der Waals surface area contributed by atoms with Crippen LogP contribution in [0.1, 0.15) is 80.0 Å². The second-order valence-corrected chi connectivity index (χ2v) is 9.10. The number of alkyl carbamates (subject to hydrolysis) is 1. The predicted molar refractivity (Wildman–Crippen MR) is 112 cm³/mol. The van der Waals surface area contributed by atoms with E-state index in [0.717, 1.165) is 38.5 Å². The molecule has 8 nitrogen and oxygen atoms in total. The van der Waals surface area contributed by atoms with E-state index in [1.165, 1.54) is 12.1 Å². The number of carbonyl (C=O) groups excluding carboxylic acids is 4. The van der Waals surface area contributed by atoms with E-state index in [2.05, 4.69) is 5.32 Å². The molecule has 0 aromatic heterocycles. The van der Waals surface area contributed by atoms with E-state index >= 15 is 0 Å². The number of hydrogen-bond donors (Lipinski definition) is 1. The number of nitrogens with one attached hydrogen (secondary N) is 1. The van der Waals surface area contributed by atoms with Crippen LogP contribution in [0.2, 0.25) is 0 Å². The summed E-state index contributed by atoms with van der Waals surface area (Å²) in [4.78, 5) is 55.6. The fourth-order valence-corrected chi connectivity index (χ4v) is 4.07. The largest absolute Gasteiger partial charge is 0.444 e. The molecule has 1 unspecified atom stereocenters. The molecule has 1 saturated carbocycles. The lowest BCUT2D eigenvalue weighted by Gasteiger charge is -2.27. The maximum absolute atomic E-state index is 13.1. The normalized spacial score (nSPS) is 18.2. The molecule has 1 aliphatic heterocycles. The first-order valence-corrected chi connectivity index (χ1v) is 10.8. The number of ether oxygens (including phenoxy) is 1. The summed E-state index contributed by atoms with van der Waals surface area (Å²) >= 11 is 0. The molecule has 1 atom stereocenters. The quantitative estimate of drug-likeness (QED) is 0.562. The van der Waals surface area contributed by atoms with Crippen LogP contribution < -0.4 is 5.32 Å². The summed E-state index contributed by atoms with van der Waals surface area (Å²) in [5.41, 5.74) is -0.251. The molecule has 0 bridgehead atoms. The topological polar surface area (TPSA) is 102 Å². The summed E-state index contributed by atoms with van der Waals surface area (Å²) < 4.78 is 5.27. The average molecular weight is 431 g/mol. The van der Waals surface area contributed by atoms with Crippen LogP contribution in [0.3, 0.4) is 0 Å². The molecule has 1 N–H and O–H groups in total. The molecule has 3 amide bonds. The number of nitrogens with zero attached hydrogens (tertiary/aromatic N) is 1. The highest BCUT2D eigenvalue weighted by Crippen LogP contribution is 2.31. The van der Waals surface area contributed by atoms with Crippen LogP contribution in [0.15, 0.2) is 24.3 Å². The third-order valence-corrected chi connectivity index (χ3v) is 5.57. The Balaban J connectivity index is 1.72. The Labute approximate surface area is 182 Å². The minimum absolute atomic E-state index is 0.0138. The molecule has 3 rings (SSSR count). The number of rotatable bonds is 5. The second-order valence-electron chi connectivity index (χ2n) is 9.10. The van der Waals surface area contributed by atoms with Gasteiger partial charge in [0.2, 0.25) is 0 Å². The number of benzene rings is 1. The van der Waals surface area contributed by atoms with Crippen LogP contribution >= 0.6 is 0 Å². The molecule has 8 heteroatoms. The Morgan fingerprint density at radius 2 is 1.58 bits per heavy atom. The summed E-state index contributed by atoms with van der Waals surface area (Å²) in [6, 6.07) is 6.34. The highest BCUT2D eigenvalue weighted by atomic mass is 16.7. The Hall–Kier alpha value is -2.90. The summed E-state index contributed by atoms with van der Waals surface area (Å²) in [6.45, 7) is 5.28. The number of imide groups is 1. The highest BCUT2D eigenvalue weighted by Gasteiger charge is 2.41. The third-order valence-electron chi connectivity index (χ3n) is 5.57. The van der Waals surface area contributed by atoms with Crippen LogP contribution in [-0.2, 0) is 14.4 Å². The smallest absolute Gasteiger partial charge is 0.407 e. The van der Waals surface area contributed by atoms with Crippen molar-refractivity contribution in [2.45, 2.75) is 64.9 Å². The van der Waals surface area contributed by atoms with Gasteiger partial charge in [-0.3, -0.25) is 9.59 Å². The Morgan fingerprint density at radius 1 is 1.03 bits per heavy atom. The van der Waals surface area contributed by atoms with Crippen molar-refractivity contribution in [3.8, 4) is 0 Å². The van der Waals surface area contributed by atoms with Gasteiger partial charge in [0, 0.05) is 6.54 Å². The highest BCUT2D eigenvalue weighted by molar-refractivity contribution is 6.20. The molecule has 31 heavy (non-hydrogen) atoms. The van der Waals surface area contributed by atoms with Gasteiger partial charge < -0.3 is 14.9 Å². The van der Waals surface area contributed by atoms with Crippen molar-refractivity contribution in [3.05, 3.63) is 35.4 Å². The van der Waals surface area contributed by atoms with Crippen LogP contribution in [0, 0.1) is 11.8 Å². The van der Waals surface area contributed by atoms with Crippen molar-refractivity contribution in [1.29, 1.82) is 0 Å². The van der Waals surface area contributed by atoms with Gasteiger partial charge in [-0.25, -0.2) is 9.59 Å². The first-order valence-electron chi connectivity index (χ1n) is 10.8. The van der Waals surface area contributed by atoms with E-state index in [0.29, 0.717) is 5.06 Å². The van der Waals surface area contributed by atoms with E-state index in [4.69, 9.17) is 9.57 Å². The summed E-state index contributed by atoms with van der Waals surface area (Å²) in [7, 11) is 0. The number of carbonyl (C=O) groups is 4. The minimum Gasteiger partial charge on any atom is -0.444 e. The zero-order valence-corrected chi connectivity index (χ0v) is 18.3. The first kappa shape index (κ1) is 22.8. The molecule has 1 aromatic rings. The van der Waals surface area contributed by atoms with E-state index in [9.17, 15) is 19.2 Å². The molecule has 0 spiro atoms. The maximum Gasteiger partial charge on any atom is 0.407 e. The van der Waals surface area contributed by atoms with Crippen molar-refractivity contribution in [1.82, 2.24) is 10.4 Å². The van der Waals surface area contributed by atoms with Gasteiger partial charge in [0.1, 0.15) is 5.60 Å². The van der Waals surface area contributed by atoms with Gasteiger partial charge in [-0.2, -0.15) is 0 Å². The van der Waals surface area contributed by atoms with Crippen molar-refractivity contribution in [2.75, 3.05) is 6.54 Å². The molecule has 1 aliphatic carbocycles. The van der Waals surface area contributed by atoms with E-state index in [1.807, 2.05) is 0 Å². The molecule has 1 fully saturated rings. The van der Waals surface area contributed by atoms with E-state index in [1.54, 1.807) is 32.9 Å². The maximum atomic E-state index is 13.1. The second kappa shape index (κ2) is 9.49. The molecular formula is C23H30N2O6. The van der Waals surface area contributed by atoms with Crippen LogP contribution in [0.25, 0.3) is 0 Å². The summed E-state index contributed by atoms with van der Waals surface area (Å²) in [6.07, 6.45) is 5.16. The minimum atomic E-state index is -0.697. The first-order chi connectivity index (χ1) is 14.7. The van der Waals surface area contributed by atoms with E-state index in [-0.39, 0.29) is 23.6 Å². The number of hydroxylamine groups is 2. The van der Waals surface area contributed by atoms with Crippen molar-refractivity contribution in [2.24, 2.45) is 11.8 Å². The molecule has 2 aliphatic rings. The van der Waals surface area contributed by atoms with Gasteiger partial charge in [-0.15, -0.1) is 0 Å². The zero-order valence-electron chi connectivity index (χ0n) is 18.3. The Bertz CT molecular complexity index is 817. The lowest BCUT2D eigenvalue weighted by atomic mass is 9.86. The molecule has 1 heterocycles. The van der Waals surface area contributed by atoms with Crippen molar-refractivity contribution in [3.63, 3.8) is 0 Å². The standard InChI is InChI=1S/C23H30N2O6/c1-23(2,3)30-22(29)24-14-18(15-10-6-4-5-7-11-15)21(28)31-25-19(26)16-12-8-9-13-17(16)20(25)27/h8-9,12-13,15,18H,4-7,10-11,14H2,1-3H3,(H,24,29). The summed E-state index contributed by atoms with van der Waals surface area (Å²) in [5.74, 6) is -2.71. The van der Waals surface area contributed by atoms with Crippen molar-refractivity contribution < 1.29 is 28.8 Å². The molecule has 168 valence electrons. The lowest BCUT2D eigenvalue weighted by Crippen LogP contribution is -2.43. The number of amides is 3. The van der Waals surface area contributed by atoms with Gasteiger partial charge in [0.05, 0.1) is 17.0 Å². The Morgan fingerprint density at radius 3 is 2.10 bits per heavy atom. The fraction of sp³-hybridized carbons (Fsp3) is 0.565. The number of hydrogen-bond acceptors (Lipinski definition) is 6. The van der Waals surface area contributed by atoms with E-state index < -0.39 is 35.4 Å². The SMILES string of the molecule is CC(C)(C)OC(=O)NCC(C(=O)ON1C(=O)c2ccccc2C1=O)C1CCCCCC1. The summed E-state index contributed by atoms with van der Waals surface area (Å²) in [5, 5.41) is 3.18. The van der Waals surface area contributed by atoms with Gasteiger partial charge in [0.15, 0.2) is 0 Å². The van der Waals surface area contributed by atoms with Crippen LogP contribution in [0.4, 0.5) is 4.79 Å². The monoisotopic (exact) mass is 430 g/mol. The van der Waals surface area contributed by atoms with Crippen LogP contribution in [-0.4, -0.2) is 41.1 Å². The average Bonchev–Trinajstić information content (AvgIpc) is 2.88. The number of fused-ring (bicyclic) bond motifs is 1. The fourth-order valence-electron chi connectivity index (χ4n) is 4.07. The Kier molecular flexibility index (Phi) is 6.97. The predicted octanol–water partition coefficient (Wildman–Crippen LogP) is 3.85. The molecular weight excluding hydrogens is 400 g/mol. The molecule has 1 aromatic carbocycles. The van der Waals surface area contributed by atoms with Gasteiger partial charge in [-0.1, -0.05) is 42.9 Å². The lowest BCUT2D eigenvalue weighted by molar-refractivity contribution is -0.175. The van der Waals surface area contributed by atoms with Crippen molar-refractivity contribution >= 4 is 23.9 Å². The zero-order chi connectivity index (χ0) is 22.6. The van der Waals surface area contributed by atoms with Gasteiger partial charge in [0.25, 0.3) is 11.8 Å². The third kappa shape index (κ3) is 5.62. The van der Waals surface area contributed by atoms with Crippen LogP contribution in [0.5, 0.6) is 0 Å². The molecule has 0 radical (unpaired) electrons. The molecule has 0 saturated heterocycles. The van der Waals surface area contributed by atoms with Gasteiger partial charge in [-0.05, 0) is 51.7 Å².